The number of carbonyl (C=O) groups is 1. The Morgan fingerprint density at radius 2 is 2.43 bits per heavy atom. The fourth-order valence-electron chi connectivity index (χ4n) is 2.59. The van der Waals surface area contributed by atoms with Crippen LogP contribution in [0.5, 0.6) is 0 Å². The van der Waals surface area contributed by atoms with Crippen molar-refractivity contribution in [3.05, 3.63) is 0 Å². The summed E-state index contributed by atoms with van der Waals surface area (Å²) in [5.41, 5.74) is 0.480. The van der Waals surface area contributed by atoms with Gasteiger partial charge in [-0.1, -0.05) is 0 Å². The SMILES string of the molecule is CNC(=O)CN1CCC2(CCNC2)C1. The molecule has 4 heteroatoms. The maximum atomic E-state index is 11.2. The average Bonchev–Trinajstić information content (AvgIpc) is 2.78. The van der Waals surface area contributed by atoms with Crippen LogP contribution in [-0.4, -0.2) is 50.6 Å². The van der Waals surface area contributed by atoms with Gasteiger partial charge in [0, 0.05) is 20.1 Å². The van der Waals surface area contributed by atoms with E-state index in [1.54, 1.807) is 7.05 Å². The number of likely N-dealkylation sites (N-methyl/N-ethyl adjacent to an activating group) is 1. The summed E-state index contributed by atoms with van der Waals surface area (Å²) in [4.78, 5) is 13.5. The largest absolute Gasteiger partial charge is 0.358 e. The van der Waals surface area contributed by atoms with Gasteiger partial charge in [0.1, 0.15) is 0 Å². The molecule has 2 N–H and O–H groups in total. The van der Waals surface area contributed by atoms with E-state index >= 15 is 0 Å². The molecule has 0 aromatic heterocycles. The lowest BCUT2D eigenvalue weighted by Crippen LogP contribution is -2.36. The second-order valence-electron chi connectivity index (χ2n) is 4.56. The minimum Gasteiger partial charge on any atom is -0.358 e. The smallest absolute Gasteiger partial charge is 0.233 e. The predicted octanol–water partition coefficient (Wildman–Crippen LogP) is -0.582. The third kappa shape index (κ3) is 1.91. The molecule has 0 aromatic rings. The maximum Gasteiger partial charge on any atom is 0.233 e. The van der Waals surface area contributed by atoms with Crippen molar-refractivity contribution in [3.63, 3.8) is 0 Å². The van der Waals surface area contributed by atoms with Gasteiger partial charge in [-0.05, 0) is 31.3 Å². The minimum atomic E-state index is 0.132. The van der Waals surface area contributed by atoms with Gasteiger partial charge in [0.25, 0.3) is 0 Å². The van der Waals surface area contributed by atoms with Crippen molar-refractivity contribution in [2.24, 2.45) is 5.41 Å². The molecule has 1 amide bonds. The van der Waals surface area contributed by atoms with Crippen LogP contribution >= 0.6 is 0 Å². The molecule has 2 aliphatic heterocycles. The quantitative estimate of drug-likeness (QED) is 0.622. The zero-order valence-corrected chi connectivity index (χ0v) is 8.81. The number of carbonyl (C=O) groups excluding carboxylic acids is 1. The van der Waals surface area contributed by atoms with Crippen LogP contribution in [0, 0.1) is 5.41 Å². The molecular formula is C10H19N3O. The second-order valence-corrected chi connectivity index (χ2v) is 4.56. The molecule has 0 aromatic carbocycles. The van der Waals surface area contributed by atoms with Crippen molar-refractivity contribution in [2.75, 3.05) is 39.8 Å². The number of likely N-dealkylation sites (tertiary alicyclic amines) is 1. The van der Waals surface area contributed by atoms with Crippen LogP contribution in [0.3, 0.4) is 0 Å². The van der Waals surface area contributed by atoms with Crippen LogP contribution in [0.4, 0.5) is 0 Å². The van der Waals surface area contributed by atoms with Crippen LogP contribution in [0.2, 0.25) is 0 Å². The maximum absolute atomic E-state index is 11.2. The van der Waals surface area contributed by atoms with Crippen LogP contribution in [-0.2, 0) is 4.79 Å². The highest BCUT2D eigenvalue weighted by Gasteiger charge is 2.40. The van der Waals surface area contributed by atoms with Gasteiger partial charge in [0.2, 0.25) is 5.91 Å². The van der Waals surface area contributed by atoms with Crippen molar-refractivity contribution in [1.82, 2.24) is 15.5 Å². The highest BCUT2D eigenvalue weighted by Crippen LogP contribution is 2.35. The summed E-state index contributed by atoms with van der Waals surface area (Å²) >= 11 is 0. The van der Waals surface area contributed by atoms with Gasteiger partial charge < -0.3 is 10.6 Å². The lowest BCUT2D eigenvalue weighted by atomic mass is 9.87. The normalized spacial score (nSPS) is 32.6. The number of nitrogens with zero attached hydrogens (tertiary/aromatic N) is 1. The number of amides is 1. The van der Waals surface area contributed by atoms with Crippen molar-refractivity contribution >= 4 is 5.91 Å². The summed E-state index contributed by atoms with van der Waals surface area (Å²) < 4.78 is 0. The highest BCUT2D eigenvalue weighted by molar-refractivity contribution is 5.77. The molecule has 1 unspecified atom stereocenters. The molecule has 14 heavy (non-hydrogen) atoms. The molecule has 0 saturated carbocycles. The van der Waals surface area contributed by atoms with Gasteiger partial charge in [-0.3, -0.25) is 9.69 Å². The Labute approximate surface area is 85.0 Å². The molecule has 2 fully saturated rings. The molecular weight excluding hydrogens is 178 g/mol. The monoisotopic (exact) mass is 197 g/mol. The van der Waals surface area contributed by atoms with Crippen LogP contribution < -0.4 is 10.6 Å². The van der Waals surface area contributed by atoms with E-state index < -0.39 is 0 Å². The Morgan fingerprint density at radius 3 is 3.07 bits per heavy atom. The summed E-state index contributed by atoms with van der Waals surface area (Å²) in [5, 5.41) is 6.09. The molecule has 0 bridgehead atoms. The third-order valence-corrected chi connectivity index (χ3v) is 3.50. The minimum absolute atomic E-state index is 0.132. The van der Waals surface area contributed by atoms with E-state index in [4.69, 9.17) is 0 Å². The Balaban J connectivity index is 1.85. The molecule has 2 saturated heterocycles. The Morgan fingerprint density at radius 1 is 1.57 bits per heavy atom. The van der Waals surface area contributed by atoms with Gasteiger partial charge in [0.15, 0.2) is 0 Å². The number of hydrogen-bond acceptors (Lipinski definition) is 3. The molecule has 1 atom stereocenters. The van der Waals surface area contributed by atoms with Crippen LogP contribution in [0.1, 0.15) is 12.8 Å². The molecule has 1 spiro atoms. The number of rotatable bonds is 2. The first kappa shape index (κ1) is 9.93. The van der Waals surface area contributed by atoms with E-state index in [0.29, 0.717) is 12.0 Å². The van der Waals surface area contributed by atoms with Crippen molar-refractivity contribution in [1.29, 1.82) is 0 Å². The first-order valence-corrected chi connectivity index (χ1v) is 5.38. The molecule has 2 heterocycles. The van der Waals surface area contributed by atoms with E-state index in [1.807, 2.05) is 0 Å². The first-order valence-electron chi connectivity index (χ1n) is 5.38. The summed E-state index contributed by atoms with van der Waals surface area (Å²) in [5.74, 6) is 0.132. The molecule has 0 radical (unpaired) electrons. The average molecular weight is 197 g/mol. The first-order chi connectivity index (χ1) is 6.74. The van der Waals surface area contributed by atoms with Crippen molar-refractivity contribution < 1.29 is 4.79 Å². The predicted molar refractivity (Wildman–Crippen MR) is 55.0 cm³/mol. The number of hydrogen-bond donors (Lipinski definition) is 2. The van der Waals surface area contributed by atoms with Gasteiger partial charge in [0.05, 0.1) is 6.54 Å². The molecule has 4 nitrogen and oxygen atoms in total. The topological polar surface area (TPSA) is 44.4 Å². The molecule has 80 valence electrons. The van der Waals surface area contributed by atoms with E-state index in [0.717, 1.165) is 26.2 Å². The summed E-state index contributed by atoms with van der Waals surface area (Å²) in [6, 6.07) is 0. The standard InChI is InChI=1S/C10H19N3O/c1-11-9(14)6-13-5-3-10(8-13)2-4-12-7-10/h12H,2-8H2,1H3,(H,11,14). The lowest BCUT2D eigenvalue weighted by Gasteiger charge is -2.22. The Kier molecular flexibility index (Phi) is 2.74. The summed E-state index contributed by atoms with van der Waals surface area (Å²) in [6.07, 6.45) is 2.52. The van der Waals surface area contributed by atoms with Crippen LogP contribution in [0.25, 0.3) is 0 Å². The number of nitrogens with one attached hydrogen (secondary N) is 2. The fraction of sp³-hybridized carbons (Fsp3) is 0.900. The van der Waals surface area contributed by atoms with Gasteiger partial charge >= 0.3 is 0 Å². The van der Waals surface area contributed by atoms with Crippen LogP contribution in [0.15, 0.2) is 0 Å². The van der Waals surface area contributed by atoms with E-state index in [-0.39, 0.29) is 5.91 Å². The van der Waals surface area contributed by atoms with Gasteiger partial charge in [-0.15, -0.1) is 0 Å². The Bertz CT molecular complexity index is 223. The van der Waals surface area contributed by atoms with E-state index in [1.165, 1.54) is 12.8 Å². The lowest BCUT2D eigenvalue weighted by molar-refractivity contribution is -0.121. The fourth-order valence-corrected chi connectivity index (χ4v) is 2.59. The zero-order valence-electron chi connectivity index (χ0n) is 8.81. The second kappa shape index (κ2) is 3.87. The zero-order chi connectivity index (χ0) is 10.0. The van der Waals surface area contributed by atoms with Gasteiger partial charge in [-0.25, -0.2) is 0 Å². The van der Waals surface area contributed by atoms with Gasteiger partial charge in [-0.2, -0.15) is 0 Å². The van der Waals surface area contributed by atoms with E-state index in [9.17, 15) is 4.79 Å². The summed E-state index contributed by atoms with van der Waals surface area (Å²) in [7, 11) is 1.70. The highest BCUT2D eigenvalue weighted by atomic mass is 16.1. The van der Waals surface area contributed by atoms with E-state index in [2.05, 4.69) is 15.5 Å². The third-order valence-electron chi connectivity index (χ3n) is 3.50. The molecule has 2 aliphatic rings. The molecule has 0 aliphatic carbocycles. The Hall–Kier alpha value is -0.610. The molecule has 2 rings (SSSR count). The summed E-state index contributed by atoms with van der Waals surface area (Å²) in [6.45, 7) is 5.02. The van der Waals surface area contributed by atoms with Crippen molar-refractivity contribution in [2.45, 2.75) is 12.8 Å². The van der Waals surface area contributed by atoms with Crippen molar-refractivity contribution in [3.8, 4) is 0 Å².